The zero-order chi connectivity index (χ0) is 29.2. The van der Waals surface area contributed by atoms with Crippen LogP contribution >= 0.6 is 9.24 Å². The number of alkyl halides is 1. The number of benzene rings is 4. The van der Waals surface area contributed by atoms with Gasteiger partial charge in [0.15, 0.2) is 17.5 Å². The Hall–Kier alpha value is -3.45. The summed E-state index contributed by atoms with van der Waals surface area (Å²) in [7, 11) is 1.49. The largest absolute Gasteiger partial charge is 0.450 e. The normalized spacial score (nSPS) is 12.8. The predicted molar refractivity (Wildman–Crippen MR) is 140 cm³/mol. The topological polar surface area (TPSA) is 9.23 Å². The fourth-order valence-corrected chi connectivity index (χ4v) is 4.72. The molecule has 0 N–H and O–H groups in total. The Bertz CT molecular complexity index is 1510. The van der Waals surface area contributed by atoms with Crippen molar-refractivity contribution in [2.75, 3.05) is 0 Å². The van der Waals surface area contributed by atoms with E-state index >= 15 is 13.2 Å². The van der Waals surface area contributed by atoms with Crippen LogP contribution in [0.4, 0.5) is 35.1 Å². The minimum atomic E-state index is -3.23. The summed E-state index contributed by atoms with van der Waals surface area (Å²) in [5, 5.41) is 0. The van der Waals surface area contributed by atoms with Crippen molar-refractivity contribution >= 4 is 9.24 Å². The summed E-state index contributed by atoms with van der Waals surface area (Å²) in [6.07, 6.45) is 3.50. The molecule has 0 radical (unpaired) electrons. The number of halogens is 8. The Morgan fingerprint density at radius 1 is 0.650 bits per heavy atom. The lowest BCUT2D eigenvalue weighted by Crippen LogP contribution is -2.23. The highest BCUT2D eigenvalue weighted by Crippen LogP contribution is 2.41. The first-order valence-corrected chi connectivity index (χ1v) is 12.9. The summed E-state index contributed by atoms with van der Waals surface area (Å²) < 4.78 is 120. The van der Waals surface area contributed by atoms with Crippen molar-refractivity contribution in [3.63, 3.8) is 0 Å². The first kappa shape index (κ1) is 29.5. The number of aryl methyl sites for hydroxylation is 1. The molecular formula is C30H23F8OP. The number of hydrogen-bond acceptors (Lipinski definition) is 1. The second-order valence-electron chi connectivity index (χ2n) is 9.23. The van der Waals surface area contributed by atoms with E-state index in [0.29, 0.717) is 24.6 Å². The summed E-state index contributed by atoms with van der Waals surface area (Å²) in [5.74, 6) is -9.92. The molecule has 10 heteroatoms. The van der Waals surface area contributed by atoms with Crippen molar-refractivity contribution in [3.05, 3.63) is 113 Å². The molecule has 0 amide bonds. The molecule has 40 heavy (non-hydrogen) atoms. The molecule has 0 spiro atoms. The second kappa shape index (κ2) is 12.0. The Morgan fingerprint density at radius 3 is 1.70 bits per heavy atom. The first-order valence-electron chi connectivity index (χ1n) is 12.3. The van der Waals surface area contributed by atoms with Crippen LogP contribution < -0.4 is 4.74 Å². The third-order valence-corrected chi connectivity index (χ3v) is 6.70. The van der Waals surface area contributed by atoms with Crippen LogP contribution in [0.25, 0.3) is 22.3 Å². The second-order valence-corrected chi connectivity index (χ2v) is 9.97. The van der Waals surface area contributed by atoms with Gasteiger partial charge in [0.1, 0.15) is 34.6 Å². The van der Waals surface area contributed by atoms with Crippen molar-refractivity contribution < 1.29 is 39.9 Å². The lowest BCUT2D eigenvalue weighted by Gasteiger charge is -2.24. The average Bonchev–Trinajstić information content (AvgIpc) is 2.86. The molecule has 0 aromatic heterocycles. The van der Waals surface area contributed by atoms with E-state index in [1.807, 2.05) is 6.92 Å². The molecule has 0 heterocycles. The quantitative estimate of drug-likeness (QED) is 0.0827. The number of ether oxygens (including phenoxy) is 1. The van der Waals surface area contributed by atoms with Crippen molar-refractivity contribution in [1.29, 1.82) is 0 Å². The van der Waals surface area contributed by atoms with Gasteiger partial charge in [0.2, 0.25) is 0 Å². The standard InChI is InChI=1S/C30H23F8OP/c1-2-3-4-5-16-6-8-20(22(31)10-16)17-11-24(33)28(25(34)12-17)30(38,40)39-19-7-9-21(23(32)15-19)18-13-26(35)29(37)27(36)14-18/h6-15H,2-5,40H2,1H3. The molecule has 0 aliphatic carbocycles. The minimum absolute atomic E-state index is 0.0796. The van der Waals surface area contributed by atoms with Gasteiger partial charge in [-0.3, -0.25) is 0 Å². The highest BCUT2D eigenvalue weighted by molar-refractivity contribution is 7.17. The van der Waals surface area contributed by atoms with Gasteiger partial charge in [-0.1, -0.05) is 31.9 Å². The monoisotopic (exact) mass is 582 g/mol. The van der Waals surface area contributed by atoms with E-state index in [0.717, 1.165) is 49.1 Å². The Balaban J connectivity index is 1.59. The van der Waals surface area contributed by atoms with Gasteiger partial charge < -0.3 is 4.74 Å². The highest BCUT2D eigenvalue weighted by atomic mass is 31.0. The van der Waals surface area contributed by atoms with Crippen LogP contribution in [-0.2, 0) is 12.0 Å². The molecule has 0 fully saturated rings. The third-order valence-electron chi connectivity index (χ3n) is 6.30. The fourth-order valence-electron chi connectivity index (χ4n) is 4.31. The van der Waals surface area contributed by atoms with E-state index in [2.05, 4.69) is 0 Å². The summed E-state index contributed by atoms with van der Waals surface area (Å²) in [5.41, 5.74) is -4.59. The molecule has 0 aliphatic heterocycles. The maximum absolute atomic E-state index is 15.5. The number of rotatable bonds is 9. The van der Waals surface area contributed by atoms with Crippen LogP contribution in [0.2, 0.25) is 0 Å². The van der Waals surface area contributed by atoms with Crippen LogP contribution in [0.1, 0.15) is 37.3 Å². The van der Waals surface area contributed by atoms with Crippen LogP contribution in [-0.4, -0.2) is 0 Å². The third kappa shape index (κ3) is 6.30. The van der Waals surface area contributed by atoms with Crippen molar-refractivity contribution in [2.45, 2.75) is 38.2 Å². The molecule has 4 aromatic rings. The maximum Gasteiger partial charge on any atom is 0.291 e. The van der Waals surface area contributed by atoms with Gasteiger partial charge in [-0.05, 0) is 81.2 Å². The SMILES string of the molecule is CCCCCc1ccc(-c2cc(F)c(C(F)(P)Oc3ccc(-c4cc(F)c(F)c(F)c4)c(F)c3)c(F)c2)c(F)c1. The molecule has 0 saturated carbocycles. The molecule has 210 valence electrons. The molecule has 4 aromatic carbocycles. The van der Waals surface area contributed by atoms with Gasteiger partial charge in [-0.25, -0.2) is 30.7 Å². The molecule has 4 rings (SSSR count). The van der Waals surface area contributed by atoms with Crippen molar-refractivity contribution in [2.24, 2.45) is 0 Å². The summed E-state index contributed by atoms with van der Waals surface area (Å²) >= 11 is 0. The number of unbranched alkanes of at least 4 members (excludes halogenated alkanes) is 2. The zero-order valence-electron chi connectivity index (χ0n) is 21.1. The summed E-state index contributed by atoms with van der Waals surface area (Å²) in [6.45, 7) is 2.04. The van der Waals surface area contributed by atoms with Crippen molar-refractivity contribution in [1.82, 2.24) is 0 Å². The first-order chi connectivity index (χ1) is 18.9. The van der Waals surface area contributed by atoms with Crippen molar-refractivity contribution in [3.8, 4) is 28.0 Å². The van der Waals surface area contributed by atoms with Gasteiger partial charge >= 0.3 is 0 Å². The maximum atomic E-state index is 15.5. The Kier molecular flexibility index (Phi) is 8.83. The van der Waals surface area contributed by atoms with E-state index in [-0.39, 0.29) is 22.3 Å². The van der Waals surface area contributed by atoms with E-state index in [4.69, 9.17) is 4.74 Å². The lowest BCUT2D eigenvalue weighted by atomic mass is 9.99. The lowest BCUT2D eigenvalue weighted by molar-refractivity contribution is 0.0181. The Morgan fingerprint density at radius 2 is 1.18 bits per heavy atom. The number of hydrogen-bond donors (Lipinski definition) is 0. The van der Waals surface area contributed by atoms with Crippen LogP contribution in [0, 0.1) is 40.7 Å². The van der Waals surface area contributed by atoms with Crippen LogP contribution in [0.3, 0.4) is 0 Å². The smallest absolute Gasteiger partial charge is 0.291 e. The molecule has 0 saturated heterocycles. The molecular weight excluding hydrogens is 559 g/mol. The van der Waals surface area contributed by atoms with E-state index < -0.39 is 57.6 Å². The molecule has 0 aliphatic rings. The van der Waals surface area contributed by atoms with Crippen LogP contribution in [0.15, 0.2) is 60.7 Å². The average molecular weight is 582 g/mol. The predicted octanol–water partition coefficient (Wildman–Crippen LogP) is 9.76. The summed E-state index contributed by atoms with van der Waals surface area (Å²) in [6, 6.07) is 9.61. The fraction of sp³-hybridized carbons (Fsp3) is 0.200. The molecule has 0 bridgehead atoms. The van der Waals surface area contributed by atoms with Gasteiger partial charge in [0, 0.05) is 17.2 Å². The van der Waals surface area contributed by atoms with E-state index in [1.54, 1.807) is 6.07 Å². The minimum Gasteiger partial charge on any atom is -0.450 e. The molecule has 2 unspecified atom stereocenters. The van der Waals surface area contributed by atoms with E-state index in [1.165, 1.54) is 21.4 Å². The zero-order valence-corrected chi connectivity index (χ0v) is 22.3. The van der Waals surface area contributed by atoms with Gasteiger partial charge in [-0.15, -0.1) is 0 Å². The van der Waals surface area contributed by atoms with Gasteiger partial charge in [-0.2, -0.15) is 4.39 Å². The Labute approximate surface area is 228 Å². The van der Waals surface area contributed by atoms with Gasteiger partial charge in [0.05, 0.1) is 0 Å². The summed E-state index contributed by atoms with van der Waals surface area (Å²) in [4.78, 5) is 0. The molecule has 1 nitrogen and oxygen atoms in total. The van der Waals surface area contributed by atoms with Crippen LogP contribution in [0.5, 0.6) is 5.75 Å². The highest BCUT2D eigenvalue weighted by Gasteiger charge is 2.36. The molecule has 2 atom stereocenters. The van der Waals surface area contributed by atoms with Gasteiger partial charge in [0.25, 0.3) is 5.60 Å². The van der Waals surface area contributed by atoms with E-state index in [9.17, 15) is 22.0 Å².